The van der Waals surface area contributed by atoms with E-state index in [1.54, 1.807) is 0 Å². The van der Waals surface area contributed by atoms with Gasteiger partial charge in [-0.05, 0) is 62.8 Å². The van der Waals surface area contributed by atoms with Crippen LogP contribution >= 0.6 is 0 Å². The van der Waals surface area contributed by atoms with Crippen molar-refractivity contribution in [3.63, 3.8) is 0 Å². The zero-order valence-corrected chi connectivity index (χ0v) is 14.4. The van der Waals surface area contributed by atoms with E-state index < -0.39 is 0 Å². The molecule has 2 nitrogen and oxygen atoms in total. The maximum atomic E-state index is 5.81. The molecule has 1 rings (SSSR count). The summed E-state index contributed by atoms with van der Waals surface area (Å²) in [6.45, 7) is 11.6. The average Bonchev–Trinajstić information content (AvgIpc) is 2.76. The predicted octanol–water partition coefficient (Wildman–Crippen LogP) is 4.34. The van der Waals surface area contributed by atoms with Gasteiger partial charge < -0.3 is 11.1 Å². The van der Waals surface area contributed by atoms with Gasteiger partial charge in [0, 0.05) is 12.6 Å². The van der Waals surface area contributed by atoms with E-state index in [1.807, 2.05) is 0 Å². The Morgan fingerprint density at radius 2 is 1.70 bits per heavy atom. The summed E-state index contributed by atoms with van der Waals surface area (Å²) < 4.78 is 0. The largest absolute Gasteiger partial charge is 0.328 e. The van der Waals surface area contributed by atoms with Crippen molar-refractivity contribution in [2.24, 2.45) is 23.0 Å². The van der Waals surface area contributed by atoms with Crippen molar-refractivity contribution in [3.05, 3.63) is 0 Å². The first-order valence-corrected chi connectivity index (χ1v) is 8.90. The summed E-state index contributed by atoms with van der Waals surface area (Å²) in [7, 11) is 0. The van der Waals surface area contributed by atoms with Crippen LogP contribution in [-0.2, 0) is 0 Å². The molecule has 1 saturated carbocycles. The van der Waals surface area contributed by atoms with Crippen LogP contribution in [-0.4, -0.2) is 19.1 Å². The molecule has 0 aliphatic heterocycles. The van der Waals surface area contributed by atoms with Crippen LogP contribution < -0.4 is 11.1 Å². The quantitative estimate of drug-likeness (QED) is 0.625. The van der Waals surface area contributed by atoms with E-state index >= 15 is 0 Å². The maximum absolute atomic E-state index is 5.81. The number of nitrogens with two attached hydrogens (primary N) is 1. The van der Waals surface area contributed by atoms with Gasteiger partial charge >= 0.3 is 0 Å². The lowest BCUT2D eigenvalue weighted by molar-refractivity contribution is 0.219. The van der Waals surface area contributed by atoms with Crippen LogP contribution in [0.5, 0.6) is 0 Å². The van der Waals surface area contributed by atoms with E-state index in [-0.39, 0.29) is 0 Å². The van der Waals surface area contributed by atoms with E-state index in [2.05, 4.69) is 33.0 Å². The molecular weight excluding hydrogens is 244 g/mol. The van der Waals surface area contributed by atoms with Crippen molar-refractivity contribution in [2.75, 3.05) is 13.1 Å². The summed E-state index contributed by atoms with van der Waals surface area (Å²) in [6.07, 6.45) is 10.9. The van der Waals surface area contributed by atoms with Gasteiger partial charge in [-0.25, -0.2) is 0 Å². The summed E-state index contributed by atoms with van der Waals surface area (Å²) >= 11 is 0. The van der Waals surface area contributed by atoms with Crippen molar-refractivity contribution in [2.45, 2.75) is 85.1 Å². The first-order valence-electron chi connectivity index (χ1n) is 8.90. The van der Waals surface area contributed by atoms with Gasteiger partial charge in [-0.2, -0.15) is 0 Å². The van der Waals surface area contributed by atoms with Gasteiger partial charge in [0.15, 0.2) is 0 Å². The van der Waals surface area contributed by atoms with Crippen LogP contribution in [0, 0.1) is 17.3 Å². The van der Waals surface area contributed by atoms with Crippen molar-refractivity contribution in [3.8, 4) is 0 Å². The van der Waals surface area contributed by atoms with Gasteiger partial charge in [0.1, 0.15) is 0 Å². The normalized spacial score (nSPS) is 21.3. The fourth-order valence-corrected chi connectivity index (χ4v) is 3.92. The molecule has 0 aromatic carbocycles. The van der Waals surface area contributed by atoms with Gasteiger partial charge in [0.05, 0.1) is 0 Å². The standard InChI is InChI=1S/C18H38N2/c1-15(2)12-18(10-5-6-11-18)14-20-13-16(3)8-7-9-17(4)19/h15-17,20H,5-14,19H2,1-4H3. The summed E-state index contributed by atoms with van der Waals surface area (Å²) in [4.78, 5) is 0. The fraction of sp³-hybridized carbons (Fsp3) is 1.00. The summed E-state index contributed by atoms with van der Waals surface area (Å²) in [5.41, 5.74) is 6.42. The maximum Gasteiger partial charge on any atom is 0.00104 e. The minimum atomic E-state index is 0.364. The molecule has 0 radical (unpaired) electrons. The number of rotatable bonds is 10. The Labute approximate surface area is 127 Å². The Bertz CT molecular complexity index is 242. The smallest absolute Gasteiger partial charge is 0.00104 e. The van der Waals surface area contributed by atoms with Gasteiger partial charge in [0.2, 0.25) is 0 Å². The molecule has 1 aliphatic rings. The van der Waals surface area contributed by atoms with Crippen LogP contribution in [0.15, 0.2) is 0 Å². The molecule has 2 heteroatoms. The van der Waals surface area contributed by atoms with Crippen molar-refractivity contribution < 1.29 is 0 Å². The first kappa shape index (κ1) is 18.0. The Morgan fingerprint density at radius 3 is 2.25 bits per heavy atom. The fourth-order valence-electron chi connectivity index (χ4n) is 3.92. The van der Waals surface area contributed by atoms with Gasteiger partial charge in [-0.3, -0.25) is 0 Å². The third-order valence-electron chi connectivity index (χ3n) is 4.85. The minimum Gasteiger partial charge on any atom is -0.328 e. The highest BCUT2D eigenvalue weighted by atomic mass is 14.9. The lowest BCUT2D eigenvalue weighted by Crippen LogP contribution is -2.35. The zero-order chi connectivity index (χ0) is 15.0. The number of hydrogen-bond acceptors (Lipinski definition) is 2. The molecule has 1 aliphatic carbocycles. The Hall–Kier alpha value is -0.0800. The van der Waals surface area contributed by atoms with Gasteiger partial charge in [-0.15, -0.1) is 0 Å². The molecule has 0 amide bonds. The van der Waals surface area contributed by atoms with E-state index in [4.69, 9.17) is 5.73 Å². The van der Waals surface area contributed by atoms with E-state index in [1.165, 1.54) is 64.5 Å². The molecule has 20 heavy (non-hydrogen) atoms. The average molecular weight is 283 g/mol. The predicted molar refractivity (Wildman–Crippen MR) is 89.9 cm³/mol. The van der Waals surface area contributed by atoms with Crippen LogP contribution in [0.25, 0.3) is 0 Å². The monoisotopic (exact) mass is 282 g/mol. The van der Waals surface area contributed by atoms with Crippen molar-refractivity contribution in [1.29, 1.82) is 0 Å². The SMILES string of the molecule is CC(C)CC1(CNCC(C)CCCC(C)N)CCCC1. The highest BCUT2D eigenvalue weighted by Crippen LogP contribution is 2.42. The number of hydrogen-bond donors (Lipinski definition) is 2. The van der Waals surface area contributed by atoms with E-state index in [0.29, 0.717) is 11.5 Å². The van der Waals surface area contributed by atoms with Crippen LogP contribution in [0.2, 0.25) is 0 Å². The Kier molecular flexibility index (Phi) is 8.13. The first-order chi connectivity index (χ1) is 9.43. The second kappa shape index (κ2) is 9.04. The summed E-state index contributed by atoms with van der Waals surface area (Å²) in [6, 6.07) is 0.364. The van der Waals surface area contributed by atoms with Crippen LogP contribution in [0.3, 0.4) is 0 Å². The molecule has 0 aromatic rings. The molecule has 3 N–H and O–H groups in total. The Morgan fingerprint density at radius 1 is 1.05 bits per heavy atom. The van der Waals surface area contributed by atoms with Gasteiger partial charge in [0.25, 0.3) is 0 Å². The summed E-state index contributed by atoms with van der Waals surface area (Å²) in [5, 5.41) is 3.78. The molecule has 2 atom stereocenters. The van der Waals surface area contributed by atoms with Crippen LogP contribution in [0.1, 0.15) is 79.1 Å². The van der Waals surface area contributed by atoms with Gasteiger partial charge in [-0.1, -0.05) is 40.0 Å². The third-order valence-corrected chi connectivity index (χ3v) is 4.85. The molecule has 2 unspecified atom stereocenters. The van der Waals surface area contributed by atoms with E-state index in [9.17, 15) is 0 Å². The third kappa shape index (κ3) is 7.08. The lowest BCUT2D eigenvalue weighted by Gasteiger charge is -2.32. The van der Waals surface area contributed by atoms with Crippen molar-refractivity contribution in [1.82, 2.24) is 5.32 Å². The van der Waals surface area contributed by atoms with Crippen LogP contribution in [0.4, 0.5) is 0 Å². The highest BCUT2D eigenvalue weighted by Gasteiger charge is 2.33. The molecule has 0 spiro atoms. The molecule has 0 heterocycles. The molecule has 120 valence electrons. The van der Waals surface area contributed by atoms with Crippen molar-refractivity contribution >= 4 is 0 Å². The lowest BCUT2D eigenvalue weighted by atomic mass is 9.78. The number of nitrogens with one attached hydrogen (secondary N) is 1. The Balaban J connectivity index is 2.20. The molecular formula is C18H38N2. The van der Waals surface area contributed by atoms with E-state index in [0.717, 1.165) is 11.8 Å². The second-order valence-corrected chi connectivity index (χ2v) is 7.95. The molecule has 0 saturated heterocycles. The second-order valence-electron chi connectivity index (χ2n) is 7.95. The highest BCUT2D eigenvalue weighted by molar-refractivity contribution is 4.87. The summed E-state index contributed by atoms with van der Waals surface area (Å²) in [5.74, 6) is 1.62. The molecule has 0 aromatic heterocycles. The zero-order valence-electron chi connectivity index (χ0n) is 14.4. The minimum absolute atomic E-state index is 0.364. The topological polar surface area (TPSA) is 38.0 Å². The molecule has 0 bridgehead atoms. The molecule has 1 fully saturated rings.